The van der Waals surface area contributed by atoms with Crippen molar-refractivity contribution in [2.24, 2.45) is 16.6 Å². The maximum atomic E-state index is 13.9. The molecule has 4 N–H and O–H groups in total. The number of rotatable bonds is 1. The van der Waals surface area contributed by atoms with Crippen molar-refractivity contribution in [2.75, 3.05) is 0 Å². The highest BCUT2D eigenvalue weighted by Gasteiger charge is 2.27. The highest BCUT2D eigenvalue weighted by molar-refractivity contribution is 6.01. The van der Waals surface area contributed by atoms with Gasteiger partial charge in [-0.15, -0.1) is 0 Å². The molecule has 27 heavy (non-hydrogen) atoms. The fraction of sp³-hybridized carbons (Fsp3) is 0.381. The topological polar surface area (TPSA) is 95.3 Å². The number of allylic oxidation sites excluding steroid dienone is 2. The average molecular weight is 368 g/mol. The van der Waals surface area contributed by atoms with Gasteiger partial charge < -0.3 is 21.3 Å². The smallest absolute Gasteiger partial charge is 0.123 e. The molecule has 0 aliphatic carbocycles. The summed E-state index contributed by atoms with van der Waals surface area (Å²) in [5.74, 6) is -0.531. The van der Waals surface area contributed by atoms with Crippen molar-refractivity contribution >= 4 is 17.6 Å². The molecule has 2 aliphatic heterocycles. The maximum absolute atomic E-state index is 13.9. The van der Waals surface area contributed by atoms with Crippen LogP contribution in [0.5, 0.6) is 0 Å². The third-order valence-electron chi connectivity index (χ3n) is 5.29. The van der Waals surface area contributed by atoms with E-state index in [0.717, 1.165) is 11.3 Å². The van der Waals surface area contributed by atoms with Crippen LogP contribution in [-0.2, 0) is 4.74 Å². The number of aliphatic imine (C=N–C) groups is 1. The lowest BCUT2D eigenvalue weighted by Gasteiger charge is -2.29. The van der Waals surface area contributed by atoms with Crippen LogP contribution in [0.2, 0.25) is 0 Å². The monoisotopic (exact) mass is 368 g/mol. The molecule has 0 saturated carbocycles. The summed E-state index contributed by atoms with van der Waals surface area (Å²) >= 11 is 0. The van der Waals surface area contributed by atoms with Crippen molar-refractivity contribution in [2.45, 2.75) is 45.8 Å². The molecule has 0 spiro atoms. The van der Waals surface area contributed by atoms with Crippen molar-refractivity contribution in [3.8, 4) is 0 Å². The summed E-state index contributed by atoms with van der Waals surface area (Å²) in [7, 11) is 0. The number of nitrogens with zero attached hydrogens (tertiary/aromatic N) is 1. The molecule has 2 unspecified atom stereocenters. The molecule has 6 heteroatoms. The van der Waals surface area contributed by atoms with E-state index in [9.17, 15) is 4.39 Å². The molecule has 3 atom stereocenters. The fourth-order valence-electron chi connectivity index (χ4n) is 3.57. The van der Waals surface area contributed by atoms with E-state index >= 15 is 0 Å². The van der Waals surface area contributed by atoms with Gasteiger partial charge >= 0.3 is 0 Å². The predicted molar refractivity (Wildman–Crippen MR) is 106 cm³/mol. The molecule has 0 saturated heterocycles. The number of nitrogens with two attached hydrogens (primary N) is 1. The van der Waals surface area contributed by atoms with Gasteiger partial charge in [0.25, 0.3) is 0 Å². The minimum Gasteiger partial charge on any atom is -0.398 e. The molecule has 0 radical (unpaired) electrons. The van der Waals surface area contributed by atoms with Gasteiger partial charge in [-0.3, -0.25) is 4.99 Å². The van der Waals surface area contributed by atoms with E-state index in [4.69, 9.17) is 21.3 Å². The number of halogens is 1. The first-order valence-corrected chi connectivity index (χ1v) is 9.08. The van der Waals surface area contributed by atoms with Crippen LogP contribution >= 0.6 is 0 Å². The molecule has 2 heterocycles. The summed E-state index contributed by atoms with van der Waals surface area (Å²) in [6.07, 6.45) is 3.32. The van der Waals surface area contributed by atoms with Crippen molar-refractivity contribution in [1.29, 1.82) is 10.8 Å². The lowest BCUT2D eigenvalue weighted by molar-refractivity contribution is 0.0333. The van der Waals surface area contributed by atoms with E-state index < -0.39 is 6.10 Å². The van der Waals surface area contributed by atoms with Gasteiger partial charge in [0, 0.05) is 47.4 Å². The van der Waals surface area contributed by atoms with Crippen molar-refractivity contribution < 1.29 is 9.13 Å². The molecule has 5 nitrogen and oxygen atoms in total. The number of nitrogens with one attached hydrogen (secondary N) is 2. The number of fused-ring (bicyclic) bond motifs is 3. The Morgan fingerprint density at radius 2 is 2.04 bits per heavy atom. The van der Waals surface area contributed by atoms with Crippen molar-refractivity contribution in [1.82, 2.24) is 0 Å². The zero-order chi connectivity index (χ0) is 19.7. The Morgan fingerprint density at radius 1 is 1.30 bits per heavy atom. The third kappa shape index (κ3) is 3.76. The minimum absolute atomic E-state index is 0.179. The van der Waals surface area contributed by atoms with Gasteiger partial charge in [0.1, 0.15) is 11.9 Å². The molecule has 3 rings (SSSR count). The quantitative estimate of drug-likeness (QED) is 0.645. The Bertz CT molecular complexity index is 884. The summed E-state index contributed by atoms with van der Waals surface area (Å²) < 4.78 is 20.2. The molecular formula is C21H25FN4O. The minimum atomic E-state index is -0.399. The molecule has 0 aromatic heterocycles. The second-order valence-electron chi connectivity index (χ2n) is 7.23. The van der Waals surface area contributed by atoms with E-state index in [1.807, 2.05) is 20.8 Å². The average Bonchev–Trinajstić information content (AvgIpc) is 2.65. The summed E-state index contributed by atoms with van der Waals surface area (Å²) in [6.45, 7) is 5.68. The molecule has 1 aromatic carbocycles. The predicted octanol–water partition coefficient (Wildman–Crippen LogP) is 4.29. The van der Waals surface area contributed by atoms with Crippen LogP contribution in [0, 0.1) is 22.6 Å². The Hall–Kier alpha value is -2.60. The highest BCUT2D eigenvalue weighted by Crippen LogP contribution is 2.32. The van der Waals surface area contributed by atoms with Crippen LogP contribution in [0.1, 0.15) is 50.8 Å². The van der Waals surface area contributed by atoms with E-state index in [0.29, 0.717) is 41.0 Å². The van der Waals surface area contributed by atoms with Gasteiger partial charge in [0.05, 0.1) is 6.10 Å². The molecule has 142 valence electrons. The standard InChI is InChI=1S/C21H25FN4O/c1-11-6-14(9-23)21(25)15-7-19(12(2)26-10-15)27-13(3)18-8-16(22)4-5-17(18)20(11)24/h4-5,8-11,13,19,23-24H,6-7,25H2,1-3H3/b21-14-,23-9?,24-20?/t11?,13-,19?/m1/s1. The summed E-state index contributed by atoms with van der Waals surface area (Å²) in [4.78, 5) is 4.43. The molecule has 0 amide bonds. The highest BCUT2D eigenvalue weighted by atomic mass is 19.1. The van der Waals surface area contributed by atoms with E-state index in [1.54, 1.807) is 12.3 Å². The largest absolute Gasteiger partial charge is 0.398 e. The Kier molecular flexibility index (Phi) is 5.37. The van der Waals surface area contributed by atoms with E-state index in [-0.39, 0.29) is 17.8 Å². The van der Waals surface area contributed by atoms with Crippen LogP contribution in [0.3, 0.4) is 0 Å². The van der Waals surface area contributed by atoms with Crippen LogP contribution in [0.25, 0.3) is 0 Å². The zero-order valence-corrected chi connectivity index (χ0v) is 15.8. The lowest BCUT2D eigenvalue weighted by Crippen LogP contribution is -2.29. The first-order valence-electron chi connectivity index (χ1n) is 9.08. The van der Waals surface area contributed by atoms with Gasteiger partial charge in [-0.05, 0) is 55.2 Å². The second kappa shape index (κ2) is 7.56. The number of benzene rings is 1. The van der Waals surface area contributed by atoms with Crippen LogP contribution in [0.15, 0.2) is 46.2 Å². The molecule has 1 aromatic rings. The molecular weight excluding hydrogens is 343 g/mol. The van der Waals surface area contributed by atoms with Gasteiger partial charge in [-0.1, -0.05) is 6.92 Å². The van der Waals surface area contributed by atoms with Crippen LogP contribution < -0.4 is 5.73 Å². The summed E-state index contributed by atoms with van der Waals surface area (Å²) in [5.41, 5.74) is 10.9. The third-order valence-corrected chi connectivity index (χ3v) is 5.29. The first kappa shape index (κ1) is 19.2. The van der Waals surface area contributed by atoms with Gasteiger partial charge in [0.2, 0.25) is 0 Å². The normalized spacial score (nSPS) is 29.0. The van der Waals surface area contributed by atoms with Crippen molar-refractivity contribution in [3.63, 3.8) is 0 Å². The Morgan fingerprint density at radius 3 is 2.74 bits per heavy atom. The van der Waals surface area contributed by atoms with Gasteiger partial charge in [0.15, 0.2) is 0 Å². The number of hydrogen-bond acceptors (Lipinski definition) is 5. The lowest BCUT2D eigenvalue weighted by atomic mass is 9.86. The maximum Gasteiger partial charge on any atom is 0.123 e. The molecule has 2 aliphatic rings. The van der Waals surface area contributed by atoms with E-state index in [2.05, 4.69) is 4.99 Å². The Balaban J connectivity index is 2.15. The van der Waals surface area contributed by atoms with Crippen molar-refractivity contribution in [3.05, 3.63) is 58.2 Å². The number of hydrogen-bond donors (Lipinski definition) is 3. The summed E-state index contributed by atoms with van der Waals surface area (Å²) in [5, 5.41) is 16.4. The van der Waals surface area contributed by atoms with Gasteiger partial charge in [-0.25, -0.2) is 4.39 Å². The summed E-state index contributed by atoms with van der Waals surface area (Å²) in [6, 6.07) is 4.45. The fourth-order valence-corrected chi connectivity index (χ4v) is 3.57. The second-order valence-corrected chi connectivity index (χ2v) is 7.23. The van der Waals surface area contributed by atoms with Crippen LogP contribution in [-0.4, -0.2) is 23.7 Å². The van der Waals surface area contributed by atoms with Gasteiger partial charge in [-0.2, -0.15) is 0 Å². The number of ether oxygens (including phenoxy) is 1. The first-order chi connectivity index (χ1) is 12.8. The SMILES string of the molecule is CC1=NC=C2CC1O[C@H](C)c1cc(F)ccc1C(=N)C(C)C/C(C=N)=C\2N. The Labute approximate surface area is 158 Å². The van der Waals surface area contributed by atoms with Crippen LogP contribution in [0.4, 0.5) is 4.39 Å². The van der Waals surface area contributed by atoms with E-state index in [1.165, 1.54) is 18.3 Å². The molecule has 2 bridgehead atoms. The zero-order valence-electron chi connectivity index (χ0n) is 15.8. The molecule has 0 fully saturated rings.